The molecule has 1 N–H and O–H groups in total. The lowest BCUT2D eigenvalue weighted by Gasteiger charge is -2.29. The third-order valence-electron chi connectivity index (χ3n) is 4.73. The minimum absolute atomic E-state index is 0.445. The standard InChI is InChI=1S/C18H21NO/c1-2-4-15-9-13(5-6-14(15)3-1)12-20-18-10-16-7-8-17(11-18)19-16/h1-6,9,16-19H,7-8,10-12H2/t16-,17+,18?. The van der Waals surface area contributed by atoms with E-state index in [1.807, 2.05) is 0 Å². The Morgan fingerprint density at radius 3 is 2.50 bits per heavy atom. The van der Waals surface area contributed by atoms with Crippen LogP contribution in [0.2, 0.25) is 0 Å². The van der Waals surface area contributed by atoms with E-state index in [2.05, 4.69) is 47.8 Å². The van der Waals surface area contributed by atoms with E-state index in [0.717, 1.165) is 6.61 Å². The summed E-state index contributed by atoms with van der Waals surface area (Å²) in [5.41, 5.74) is 1.29. The highest BCUT2D eigenvalue weighted by atomic mass is 16.5. The Morgan fingerprint density at radius 2 is 1.70 bits per heavy atom. The van der Waals surface area contributed by atoms with E-state index in [4.69, 9.17) is 4.74 Å². The van der Waals surface area contributed by atoms with Crippen LogP contribution in [0.25, 0.3) is 10.8 Å². The summed E-state index contributed by atoms with van der Waals surface area (Å²) in [7, 11) is 0. The Labute approximate surface area is 120 Å². The first kappa shape index (κ1) is 12.4. The minimum atomic E-state index is 0.445. The molecule has 4 rings (SSSR count). The van der Waals surface area contributed by atoms with Crippen LogP contribution in [0.1, 0.15) is 31.2 Å². The lowest BCUT2D eigenvalue weighted by atomic mass is 10.0. The van der Waals surface area contributed by atoms with Gasteiger partial charge in [0.25, 0.3) is 0 Å². The van der Waals surface area contributed by atoms with Crippen LogP contribution in [0.3, 0.4) is 0 Å². The van der Waals surface area contributed by atoms with Gasteiger partial charge in [-0.3, -0.25) is 0 Å². The molecule has 2 bridgehead atoms. The van der Waals surface area contributed by atoms with Crippen molar-refractivity contribution in [3.05, 3.63) is 48.0 Å². The third kappa shape index (κ3) is 2.46. The molecule has 2 heteroatoms. The minimum Gasteiger partial charge on any atom is -0.373 e. The topological polar surface area (TPSA) is 21.3 Å². The van der Waals surface area contributed by atoms with Crippen molar-refractivity contribution in [2.24, 2.45) is 0 Å². The van der Waals surface area contributed by atoms with Gasteiger partial charge in [0.15, 0.2) is 0 Å². The van der Waals surface area contributed by atoms with Gasteiger partial charge in [-0.1, -0.05) is 36.4 Å². The van der Waals surface area contributed by atoms with E-state index >= 15 is 0 Å². The zero-order chi connectivity index (χ0) is 13.4. The second kappa shape index (κ2) is 5.19. The first-order valence-electron chi connectivity index (χ1n) is 7.72. The summed E-state index contributed by atoms with van der Waals surface area (Å²) in [4.78, 5) is 0. The van der Waals surface area contributed by atoms with Crippen LogP contribution >= 0.6 is 0 Å². The molecule has 20 heavy (non-hydrogen) atoms. The largest absolute Gasteiger partial charge is 0.373 e. The molecule has 104 valence electrons. The van der Waals surface area contributed by atoms with Crippen LogP contribution in [-0.4, -0.2) is 18.2 Å². The van der Waals surface area contributed by atoms with Crippen LogP contribution in [-0.2, 0) is 11.3 Å². The Balaban J connectivity index is 1.43. The summed E-state index contributed by atoms with van der Waals surface area (Å²) in [6, 6.07) is 16.6. The van der Waals surface area contributed by atoms with Crippen molar-refractivity contribution < 1.29 is 4.74 Å². The van der Waals surface area contributed by atoms with Crippen LogP contribution in [0.4, 0.5) is 0 Å². The molecular formula is C18H21NO. The Morgan fingerprint density at radius 1 is 0.950 bits per heavy atom. The highest BCUT2D eigenvalue weighted by Gasteiger charge is 2.33. The van der Waals surface area contributed by atoms with Crippen molar-refractivity contribution in [1.29, 1.82) is 0 Å². The second-order valence-electron chi connectivity index (χ2n) is 6.22. The van der Waals surface area contributed by atoms with Gasteiger partial charge in [-0.25, -0.2) is 0 Å². The SMILES string of the molecule is c1ccc2cc(COC3C[C@H]4CC[C@@H](C3)N4)ccc2c1. The van der Waals surface area contributed by atoms with E-state index in [0.29, 0.717) is 18.2 Å². The summed E-state index contributed by atoms with van der Waals surface area (Å²) in [6.45, 7) is 0.745. The molecule has 0 aromatic heterocycles. The predicted octanol–water partition coefficient (Wildman–Crippen LogP) is 3.64. The molecule has 1 unspecified atom stereocenters. The normalized spacial score (nSPS) is 28.9. The fraction of sp³-hybridized carbons (Fsp3) is 0.444. The highest BCUT2D eigenvalue weighted by Crippen LogP contribution is 2.29. The molecule has 2 saturated heterocycles. The molecule has 0 saturated carbocycles. The van der Waals surface area contributed by atoms with Gasteiger partial charge >= 0.3 is 0 Å². The maximum Gasteiger partial charge on any atom is 0.0720 e. The number of hydrogen-bond acceptors (Lipinski definition) is 2. The first-order chi connectivity index (χ1) is 9.87. The Hall–Kier alpha value is -1.38. The molecule has 2 aliphatic heterocycles. The zero-order valence-electron chi connectivity index (χ0n) is 11.7. The Bertz CT molecular complexity index is 597. The molecule has 3 atom stereocenters. The van der Waals surface area contributed by atoms with Crippen molar-refractivity contribution in [3.63, 3.8) is 0 Å². The lowest BCUT2D eigenvalue weighted by molar-refractivity contribution is 0.00922. The number of hydrogen-bond donors (Lipinski definition) is 1. The molecule has 2 nitrogen and oxygen atoms in total. The number of ether oxygens (including phenoxy) is 1. The monoisotopic (exact) mass is 267 g/mol. The molecule has 0 spiro atoms. The fourth-order valence-corrected chi connectivity index (χ4v) is 3.68. The van der Waals surface area contributed by atoms with Gasteiger partial charge in [0.05, 0.1) is 12.7 Å². The van der Waals surface area contributed by atoms with E-state index in [-0.39, 0.29) is 0 Å². The summed E-state index contributed by atoms with van der Waals surface area (Å²) in [6.07, 6.45) is 5.48. The zero-order valence-corrected chi connectivity index (χ0v) is 11.7. The van der Waals surface area contributed by atoms with Crippen molar-refractivity contribution >= 4 is 10.8 Å². The van der Waals surface area contributed by atoms with E-state index in [1.165, 1.54) is 42.0 Å². The molecular weight excluding hydrogens is 246 g/mol. The lowest BCUT2D eigenvalue weighted by Crippen LogP contribution is -2.41. The summed E-state index contributed by atoms with van der Waals surface area (Å²) >= 11 is 0. The van der Waals surface area contributed by atoms with Gasteiger partial charge in [-0.15, -0.1) is 0 Å². The maximum absolute atomic E-state index is 6.16. The maximum atomic E-state index is 6.16. The summed E-state index contributed by atoms with van der Waals surface area (Å²) in [5, 5.41) is 6.27. The molecule has 0 radical (unpaired) electrons. The van der Waals surface area contributed by atoms with Crippen molar-refractivity contribution in [1.82, 2.24) is 5.32 Å². The number of nitrogens with one attached hydrogen (secondary N) is 1. The van der Waals surface area contributed by atoms with Crippen LogP contribution in [0.5, 0.6) is 0 Å². The van der Waals surface area contributed by atoms with Crippen molar-refractivity contribution in [2.75, 3.05) is 0 Å². The van der Waals surface area contributed by atoms with Gasteiger partial charge in [0.1, 0.15) is 0 Å². The van der Waals surface area contributed by atoms with Crippen molar-refractivity contribution in [2.45, 2.75) is 50.5 Å². The van der Waals surface area contributed by atoms with Gasteiger partial charge in [-0.2, -0.15) is 0 Å². The van der Waals surface area contributed by atoms with Gasteiger partial charge in [0.2, 0.25) is 0 Å². The predicted molar refractivity (Wildman–Crippen MR) is 81.7 cm³/mol. The smallest absolute Gasteiger partial charge is 0.0720 e. The highest BCUT2D eigenvalue weighted by molar-refractivity contribution is 5.82. The number of fused-ring (bicyclic) bond motifs is 3. The summed E-state index contributed by atoms with van der Waals surface area (Å²) in [5.74, 6) is 0. The average molecular weight is 267 g/mol. The van der Waals surface area contributed by atoms with Crippen LogP contribution in [0, 0.1) is 0 Å². The second-order valence-corrected chi connectivity index (χ2v) is 6.22. The average Bonchev–Trinajstić information content (AvgIpc) is 2.84. The molecule has 2 aromatic carbocycles. The number of benzene rings is 2. The van der Waals surface area contributed by atoms with Crippen LogP contribution in [0.15, 0.2) is 42.5 Å². The third-order valence-corrected chi connectivity index (χ3v) is 4.73. The van der Waals surface area contributed by atoms with Gasteiger partial charge in [-0.05, 0) is 48.1 Å². The molecule has 2 aliphatic rings. The molecule has 0 amide bonds. The van der Waals surface area contributed by atoms with Gasteiger partial charge < -0.3 is 10.1 Å². The fourth-order valence-electron chi connectivity index (χ4n) is 3.68. The number of rotatable bonds is 3. The van der Waals surface area contributed by atoms with E-state index in [9.17, 15) is 0 Å². The van der Waals surface area contributed by atoms with Gasteiger partial charge in [0, 0.05) is 12.1 Å². The quantitative estimate of drug-likeness (QED) is 0.916. The van der Waals surface area contributed by atoms with Crippen molar-refractivity contribution in [3.8, 4) is 0 Å². The number of piperidine rings is 1. The molecule has 2 aromatic rings. The summed E-state index contributed by atoms with van der Waals surface area (Å²) < 4.78 is 6.16. The first-order valence-corrected chi connectivity index (χ1v) is 7.72. The molecule has 0 aliphatic carbocycles. The van der Waals surface area contributed by atoms with E-state index in [1.54, 1.807) is 0 Å². The molecule has 2 heterocycles. The van der Waals surface area contributed by atoms with Crippen LogP contribution < -0.4 is 5.32 Å². The Kier molecular flexibility index (Phi) is 3.21. The van der Waals surface area contributed by atoms with E-state index < -0.39 is 0 Å². The molecule has 2 fully saturated rings.